The van der Waals surface area contributed by atoms with Crippen LogP contribution in [0.2, 0.25) is 0 Å². The van der Waals surface area contributed by atoms with Crippen molar-refractivity contribution in [2.45, 2.75) is 38.6 Å². The van der Waals surface area contributed by atoms with Crippen LogP contribution in [0.4, 0.5) is 0 Å². The Hall–Kier alpha value is -0.180. The number of hydrogen-bond donors (Lipinski definition) is 1. The zero-order valence-electron chi connectivity index (χ0n) is 8.62. The third kappa shape index (κ3) is 4.03. The van der Waals surface area contributed by atoms with E-state index < -0.39 is 0 Å². The molecule has 0 aromatic rings. The summed E-state index contributed by atoms with van der Waals surface area (Å²) in [5, 5.41) is 0. The lowest BCUT2D eigenvalue weighted by atomic mass is 9.87. The van der Waals surface area contributed by atoms with Crippen LogP contribution in [0.25, 0.3) is 0 Å². The Morgan fingerprint density at radius 3 is 2.46 bits per heavy atom. The second-order valence-electron chi connectivity index (χ2n) is 3.90. The van der Waals surface area contributed by atoms with Gasteiger partial charge in [-0.2, -0.15) is 11.8 Å². The maximum Gasteiger partial charge on any atom is 0.0909 e. The average Bonchev–Trinajstić information content (AvgIpc) is 2.08. The molecule has 0 bridgehead atoms. The number of nitrogens with two attached hydrogens (primary N) is 1. The molecule has 0 aromatic heterocycles. The molecule has 13 heavy (non-hydrogen) atoms. The van der Waals surface area contributed by atoms with E-state index in [4.69, 9.17) is 5.73 Å². The summed E-state index contributed by atoms with van der Waals surface area (Å²) < 4.78 is 0. The van der Waals surface area contributed by atoms with E-state index >= 15 is 0 Å². The molecular formula is C10H20N2S. The van der Waals surface area contributed by atoms with Gasteiger partial charge < -0.3 is 5.73 Å². The lowest BCUT2D eigenvalue weighted by Gasteiger charge is -2.25. The van der Waals surface area contributed by atoms with Crippen LogP contribution >= 0.6 is 11.8 Å². The van der Waals surface area contributed by atoms with Crippen LogP contribution in [0.5, 0.6) is 0 Å². The fourth-order valence-electron chi connectivity index (χ4n) is 1.96. The van der Waals surface area contributed by atoms with Gasteiger partial charge in [-0.3, -0.25) is 4.99 Å². The Balaban J connectivity index is 2.26. The SMILES string of the molecule is CSCC1CCC(N=C(C)N)CC1. The van der Waals surface area contributed by atoms with Gasteiger partial charge in [0.2, 0.25) is 0 Å². The summed E-state index contributed by atoms with van der Waals surface area (Å²) in [6.07, 6.45) is 7.33. The number of aliphatic imine (C=N–C) groups is 1. The Morgan fingerprint density at radius 2 is 2.00 bits per heavy atom. The number of thioether (sulfide) groups is 1. The summed E-state index contributed by atoms with van der Waals surface area (Å²) in [6, 6.07) is 0.517. The summed E-state index contributed by atoms with van der Waals surface area (Å²) in [6.45, 7) is 1.88. The van der Waals surface area contributed by atoms with Crippen LogP contribution in [0.15, 0.2) is 4.99 Å². The maximum absolute atomic E-state index is 5.56. The molecule has 1 aliphatic carbocycles. The zero-order valence-corrected chi connectivity index (χ0v) is 9.44. The van der Waals surface area contributed by atoms with Crippen LogP contribution in [0.3, 0.4) is 0 Å². The van der Waals surface area contributed by atoms with Gasteiger partial charge in [0.25, 0.3) is 0 Å². The van der Waals surface area contributed by atoms with Crippen molar-refractivity contribution in [3.8, 4) is 0 Å². The Bertz CT molecular complexity index is 168. The normalized spacial score (nSPS) is 30.5. The topological polar surface area (TPSA) is 38.4 Å². The smallest absolute Gasteiger partial charge is 0.0909 e. The largest absolute Gasteiger partial charge is 0.388 e. The van der Waals surface area contributed by atoms with Gasteiger partial charge in [0.1, 0.15) is 0 Å². The molecule has 2 nitrogen and oxygen atoms in total. The highest BCUT2D eigenvalue weighted by molar-refractivity contribution is 7.98. The average molecular weight is 200 g/mol. The van der Waals surface area contributed by atoms with Crippen LogP contribution in [0.1, 0.15) is 32.6 Å². The fourth-order valence-corrected chi connectivity index (χ4v) is 2.77. The number of nitrogens with zero attached hydrogens (tertiary/aromatic N) is 1. The number of amidine groups is 1. The van der Waals surface area contributed by atoms with Gasteiger partial charge in [0.05, 0.1) is 11.9 Å². The van der Waals surface area contributed by atoms with E-state index in [0.717, 1.165) is 11.8 Å². The molecular weight excluding hydrogens is 180 g/mol. The van der Waals surface area contributed by atoms with E-state index in [-0.39, 0.29) is 0 Å². The first-order valence-electron chi connectivity index (χ1n) is 5.01. The van der Waals surface area contributed by atoms with Crippen molar-refractivity contribution in [1.29, 1.82) is 0 Å². The number of rotatable bonds is 3. The quantitative estimate of drug-likeness (QED) is 0.561. The van der Waals surface area contributed by atoms with Crippen LogP contribution in [0, 0.1) is 5.92 Å². The minimum absolute atomic E-state index is 0.517. The van der Waals surface area contributed by atoms with Gasteiger partial charge in [-0.1, -0.05) is 0 Å². The standard InChI is InChI=1S/C10H20N2S/c1-8(11)12-10-5-3-9(4-6-10)7-13-2/h9-10H,3-7H2,1-2H3,(H2,11,12). The van der Waals surface area contributed by atoms with Gasteiger partial charge in [-0.05, 0) is 50.5 Å². The minimum atomic E-state index is 0.517. The maximum atomic E-state index is 5.56. The second-order valence-corrected chi connectivity index (χ2v) is 4.81. The van der Waals surface area contributed by atoms with Gasteiger partial charge in [-0.15, -0.1) is 0 Å². The van der Waals surface area contributed by atoms with Crippen LogP contribution in [-0.4, -0.2) is 23.9 Å². The van der Waals surface area contributed by atoms with Crippen molar-refractivity contribution in [3.63, 3.8) is 0 Å². The summed E-state index contributed by atoms with van der Waals surface area (Å²) in [5.41, 5.74) is 5.56. The molecule has 0 amide bonds. The van der Waals surface area contributed by atoms with E-state index in [9.17, 15) is 0 Å². The molecule has 0 aromatic carbocycles. The molecule has 0 aliphatic heterocycles. The summed E-state index contributed by atoms with van der Waals surface area (Å²) in [7, 11) is 0. The molecule has 0 spiro atoms. The molecule has 0 saturated heterocycles. The molecule has 0 atom stereocenters. The third-order valence-electron chi connectivity index (χ3n) is 2.60. The molecule has 1 aliphatic rings. The summed E-state index contributed by atoms with van der Waals surface area (Å²) in [5.74, 6) is 2.99. The van der Waals surface area contributed by atoms with Gasteiger partial charge in [-0.25, -0.2) is 0 Å². The first-order valence-corrected chi connectivity index (χ1v) is 6.40. The van der Waals surface area contributed by atoms with Gasteiger partial charge in [0, 0.05) is 0 Å². The predicted octanol–water partition coefficient (Wildman–Crippen LogP) is 2.29. The van der Waals surface area contributed by atoms with Crippen molar-refractivity contribution in [2.24, 2.45) is 16.6 Å². The van der Waals surface area contributed by atoms with E-state index in [1.165, 1.54) is 31.4 Å². The third-order valence-corrected chi connectivity index (χ3v) is 3.41. The summed E-state index contributed by atoms with van der Waals surface area (Å²) in [4.78, 5) is 4.42. The minimum Gasteiger partial charge on any atom is -0.388 e. The first-order chi connectivity index (χ1) is 6.22. The van der Waals surface area contributed by atoms with Gasteiger partial charge in [0.15, 0.2) is 0 Å². The molecule has 0 heterocycles. The van der Waals surface area contributed by atoms with E-state index in [0.29, 0.717) is 6.04 Å². The van der Waals surface area contributed by atoms with Crippen LogP contribution in [-0.2, 0) is 0 Å². The molecule has 3 heteroatoms. The van der Waals surface area contributed by atoms with Gasteiger partial charge >= 0.3 is 0 Å². The Labute approximate surface area is 85.4 Å². The molecule has 1 fully saturated rings. The van der Waals surface area contributed by atoms with E-state index in [1.54, 1.807) is 0 Å². The first kappa shape index (κ1) is 10.9. The molecule has 2 N–H and O–H groups in total. The highest BCUT2D eigenvalue weighted by Crippen LogP contribution is 2.28. The van der Waals surface area contributed by atoms with Crippen molar-refractivity contribution >= 4 is 17.6 Å². The summed E-state index contributed by atoms with van der Waals surface area (Å²) >= 11 is 1.96. The van der Waals surface area contributed by atoms with E-state index in [2.05, 4.69) is 11.2 Å². The molecule has 1 rings (SSSR count). The molecule has 1 saturated carbocycles. The fraction of sp³-hybridized carbons (Fsp3) is 0.900. The molecule has 76 valence electrons. The highest BCUT2D eigenvalue weighted by atomic mass is 32.2. The Kier molecular flexibility index (Phi) is 4.64. The number of hydrogen-bond acceptors (Lipinski definition) is 2. The van der Waals surface area contributed by atoms with Crippen LogP contribution < -0.4 is 5.73 Å². The van der Waals surface area contributed by atoms with Crippen molar-refractivity contribution in [1.82, 2.24) is 0 Å². The van der Waals surface area contributed by atoms with Crippen molar-refractivity contribution in [3.05, 3.63) is 0 Å². The molecule has 0 radical (unpaired) electrons. The monoisotopic (exact) mass is 200 g/mol. The lowest BCUT2D eigenvalue weighted by Crippen LogP contribution is -2.21. The lowest BCUT2D eigenvalue weighted by molar-refractivity contribution is 0.354. The second kappa shape index (κ2) is 5.53. The van der Waals surface area contributed by atoms with Crippen molar-refractivity contribution in [2.75, 3.05) is 12.0 Å². The Morgan fingerprint density at radius 1 is 1.38 bits per heavy atom. The van der Waals surface area contributed by atoms with E-state index in [1.807, 2.05) is 18.7 Å². The highest BCUT2D eigenvalue weighted by Gasteiger charge is 2.19. The zero-order chi connectivity index (χ0) is 9.68. The predicted molar refractivity (Wildman–Crippen MR) is 61.4 cm³/mol. The van der Waals surface area contributed by atoms with Crippen molar-refractivity contribution < 1.29 is 0 Å². The molecule has 0 unspecified atom stereocenters.